The number of likely N-dealkylation sites (tertiary alicyclic amines) is 1. The fourth-order valence-electron chi connectivity index (χ4n) is 2.51. The van der Waals surface area contributed by atoms with Crippen molar-refractivity contribution in [2.24, 2.45) is 11.7 Å². The van der Waals surface area contributed by atoms with Gasteiger partial charge in [-0.15, -0.1) is 0 Å². The Bertz CT molecular complexity index is 363. The second kappa shape index (κ2) is 6.21. The molecule has 1 aliphatic heterocycles. The van der Waals surface area contributed by atoms with E-state index in [4.69, 9.17) is 10.5 Å². The number of piperidine rings is 1. The zero-order valence-corrected chi connectivity index (χ0v) is 11.4. The molecule has 3 nitrogen and oxygen atoms in total. The highest BCUT2D eigenvalue weighted by Crippen LogP contribution is 2.19. The second-order valence-electron chi connectivity index (χ2n) is 5.24. The summed E-state index contributed by atoms with van der Waals surface area (Å²) in [6.45, 7) is 8.21. The van der Waals surface area contributed by atoms with Gasteiger partial charge in [0.15, 0.2) is 0 Å². The van der Waals surface area contributed by atoms with Gasteiger partial charge in [0.1, 0.15) is 5.75 Å². The summed E-state index contributed by atoms with van der Waals surface area (Å²) in [6, 6.07) is 8.80. The van der Waals surface area contributed by atoms with Gasteiger partial charge < -0.3 is 10.5 Å². The number of ether oxygens (including phenoxy) is 1. The molecule has 2 N–H and O–H groups in total. The van der Waals surface area contributed by atoms with Gasteiger partial charge in [-0.25, -0.2) is 0 Å². The summed E-state index contributed by atoms with van der Waals surface area (Å²) >= 11 is 0. The highest BCUT2D eigenvalue weighted by molar-refractivity contribution is 5.27. The average Bonchev–Trinajstić information content (AvgIpc) is 2.37. The fraction of sp³-hybridized carbons (Fsp3) is 0.600. The van der Waals surface area contributed by atoms with Crippen LogP contribution in [-0.2, 0) is 6.54 Å². The number of nitrogens with two attached hydrogens (primary N) is 1. The molecule has 1 aliphatic rings. The maximum absolute atomic E-state index is 6.04. The Morgan fingerprint density at radius 2 is 2.06 bits per heavy atom. The van der Waals surface area contributed by atoms with Gasteiger partial charge in [-0.3, -0.25) is 4.90 Å². The topological polar surface area (TPSA) is 38.5 Å². The molecule has 0 amide bonds. The number of benzene rings is 1. The van der Waals surface area contributed by atoms with Crippen molar-refractivity contribution in [3.8, 4) is 5.75 Å². The van der Waals surface area contributed by atoms with Crippen LogP contribution in [0.15, 0.2) is 24.3 Å². The lowest BCUT2D eigenvalue weighted by atomic mass is 9.94. The molecule has 0 radical (unpaired) electrons. The molecule has 1 saturated heterocycles. The Hall–Kier alpha value is -1.06. The van der Waals surface area contributed by atoms with Gasteiger partial charge in [-0.2, -0.15) is 0 Å². The summed E-state index contributed by atoms with van der Waals surface area (Å²) in [6.07, 6.45) is 1.11. The molecule has 2 atom stereocenters. The van der Waals surface area contributed by atoms with Crippen LogP contribution in [0.1, 0.15) is 25.8 Å². The van der Waals surface area contributed by atoms with E-state index in [1.807, 2.05) is 6.92 Å². The van der Waals surface area contributed by atoms with Gasteiger partial charge in [0.25, 0.3) is 0 Å². The molecule has 0 bridgehead atoms. The molecule has 1 heterocycles. The molecule has 0 aromatic heterocycles. The highest BCUT2D eigenvalue weighted by Gasteiger charge is 2.22. The third kappa shape index (κ3) is 3.47. The lowest BCUT2D eigenvalue weighted by Gasteiger charge is -2.35. The lowest BCUT2D eigenvalue weighted by Crippen LogP contribution is -2.45. The summed E-state index contributed by atoms with van der Waals surface area (Å²) < 4.78 is 5.45. The Labute approximate surface area is 110 Å². The predicted octanol–water partition coefficient (Wildman–Crippen LogP) is 2.25. The summed E-state index contributed by atoms with van der Waals surface area (Å²) in [5.41, 5.74) is 7.39. The van der Waals surface area contributed by atoms with Gasteiger partial charge in [0.2, 0.25) is 0 Å². The molecule has 18 heavy (non-hydrogen) atoms. The maximum Gasteiger partial charge on any atom is 0.119 e. The van der Waals surface area contributed by atoms with Gasteiger partial charge in [-0.05, 0) is 43.5 Å². The first-order chi connectivity index (χ1) is 8.69. The number of nitrogens with zero attached hydrogens (tertiary/aromatic N) is 1. The molecule has 2 unspecified atom stereocenters. The van der Waals surface area contributed by atoms with E-state index >= 15 is 0 Å². The van der Waals surface area contributed by atoms with Crippen molar-refractivity contribution >= 4 is 0 Å². The smallest absolute Gasteiger partial charge is 0.119 e. The summed E-state index contributed by atoms with van der Waals surface area (Å²) in [5.74, 6) is 1.55. The van der Waals surface area contributed by atoms with Crippen LogP contribution in [0.3, 0.4) is 0 Å². The maximum atomic E-state index is 6.04. The number of hydrogen-bond donors (Lipinski definition) is 1. The molecule has 0 spiro atoms. The molecule has 0 aliphatic carbocycles. The van der Waals surface area contributed by atoms with E-state index in [1.54, 1.807) is 0 Å². The minimum Gasteiger partial charge on any atom is -0.494 e. The van der Waals surface area contributed by atoms with Crippen LogP contribution in [0.25, 0.3) is 0 Å². The zero-order valence-electron chi connectivity index (χ0n) is 11.4. The van der Waals surface area contributed by atoms with Crippen molar-refractivity contribution in [3.05, 3.63) is 29.8 Å². The van der Waals surface area contributed by atoms with Crippen LogP contribution < -0.4 is 10.5 Å². The second-order valence-corrected chi connectivity index (χ2v) is 5.24. The van der Waals surface area contributed by atoms with Crippen molar-refractivity contribution in [1.82, 2.24) is 4.90 Å². The van der Waals surface area contributed by atoms with Crippen molar-refractivity contribution in [2.45, 2.75) is 32.9 Å². The first-order valence-corrected chi connectivity index (χ1v) is 6.88. The largest absolute Gasteiger partial charge is 0.494 e. The van der Waals surface area contributed by atoms with Crippen LogP contribution in [0, 0.1) is 5.92 Å². The van der Waals surface area contributed by atoms with E-state index in [-0.39, 0.29) is 0 Å². The van der Waals surface area contributed by atoms with Gasteiger partial charge in [-0.1, -0.05) is 19.1 Å². The minimum atomic E-state index is 0.376. The zero-order chi connectivity index (χ0) is 13.0. The van der Waals surface area contributed by atoms with E-state index in [0.717, 1.165) is 38.4 Å². The minimum absolute atomic E-state index is 0.376. The third-order valence-corrected chi connectivity index (χ3v) is 3.70. The van der Waals surface area contributed by atoms with E-state index in [2.05, 4.69) is 36.1 Å². The van der Waals surface area contributed by atoms with Crippen LogP contribution in [0.5, 0.6) is 5.75 Å². The standard InChI is InChI=1S/C15H24N2O/c1-3-18-14-6-4-13(5-7-14)11-17-9-8-15(16)12(2)10-17/h4-7,12,15H,3,8-11,16H2,1-2H3. The molecular formula is C15H24N2O. The Kier molecular flexibility index (Phi) is 4.61. The Morgan fingerprint density at radius 1 is 1.33 bits per heavy atom. The highest BCUT2D eigenvalue weighted by atomic mass is 16.5. The van der Waals surface area contributed by atoms with Crippen LogP contribution in [0.2, 0.25) is 0 Å². The Balaban J connectivity index is 1.89. The quantitative estimate of drug-likeness (QED) is 0.888. The number of rotatable bonds is 4. The third-order valence-electron chi connectivity index (χ3n) is 3.70. The van der Waals surface area contributed by atoms with Gasteiger partial charge in [0.05, 0.1) is 6.61 Å². The van der Waals surface area contributed by atoms with Gasteiger partial charge in [0, 0.05) is 19.1 Å². The molecule has 2 rings (SSSR count). The monoisotopic (exact) mass is 248 g/mol. The van der Waals surface area contributed by atoms with Crippen molar-refractivity contribution in [3.63, 3.8) is 0 Å². The van der Waals surface area contributed by atoms with Crippen molar-refractivity contribution in [1.29, 1.82) is 0 Å². The summed E-state index contributed by atoms with van der Waals surface area (Å²) in [7, 11) is 0. The Morgan fingerprint density at radius 3 is 2.67 bits per heavy atom. The molecular weight excluding hydrogens is 224 g/mol. The lowest BCUT2D eigenvalue weighted by molar-refractivity contribution is 0.158. The molecule has 100 valence electrons. The van der Waals surface area contributed by atoms with Crippen molar-refractivity contribution in [2.75, 3.05) is 19.7 Å². The van der Waals surface area contributed by atoms with Crippen LogP contribution >= 0.6 is 0 Å². The fourth-order valence-corrected chi connectivity index (χ4v) is 2.51. The molecule has 1 fully saturated rings. The summed E-state index contributed by atoms with van der Waals surface area (Å²) in [4.78, 5) is 2.49. The summed E-state index contributed by atoms with van der Waals surface area (Å²) in [5, 5.41) is 0. The average molecular weight is 248 g/mol. The molecule has 0 saturated carbocycles. The predicted molar refractivity (Wildman–Crippen MR) is 74.6 cm³/mol. The number of hydrogen-bond acceptors (Lipinski definition) is 3. The SMILES string of the molecule is CCOc1ccc(CN2CCC(N)C(C)C2)cc1. The molecule has 1 aromatic rings. The van der Waals surface area contributed by atoms with Gasteiger partial charge >= 0.3 is 0 Å². The van der Waals surface area contributed by atoms with E-state index in [9.17, 15) is 0 Å². The van der Waals surface area contributed by atoms with E-state index in [1.165, 1.54) is 5.56 Å². The van der Waals surface area contributed by atoms with E-state index in [0.29, 0.717) is 12.0 Å². The normalized spacial score (nSPS) is 25.1. The van der Waals surface area contributed by atoms with Crippen molar-refractivity contribution < 1.29 is 4.74 Å². The first-order valence-electron chi connectivity index (χ1n) is 6.88. The van der Waals surface area contributed by atoms with E-state index < -0.39 is 0 Å². The molecule has 3 heteroatoms. The molecule has 1 aromatic carbocycles. The van der Waals surface area contributed by atoms with Crippen LogP contribution in [-0.4, -0.2) is 30.6 Å². The first kappa shape index (κ1) is 13.4. The van der Waals surface area contributed by atoms with Crippen LogP contribution in [0.4, 0.5) is 0 Å².